The molecule has 2 fully saturated rings. The lowest BCUT2D eigenvalue weighted by Gasteiger charge is -2.31. The Balaban J connectivity index is 2.02. The summed E-state index contributed by atoms with van der Waals surface area (Å²) in [7, 11) is 3.33. The van der Waals surface area contributed by atoms with E-state index >= 15 is 0 Å². The van der Waals surface area contributed by atoms with Crippen LogP contribution in [0.2, 0.25) is 0 Å². The first kappa shape index (κ1) is 14.8. The summed E-state index contributed by atoms with van der Waals surface area (Å²) in [5.41, 5.74) is 0. The number of nitrogens with one attached hydrogen (secondary N) is 1. The molecule has 1 saturated carbocycles. The summed E-state index contributed by atoms with van der Waals surface area (Å²) in [6, 6.07) is -0.0781. The van der Waals surface area contributed by atoms with Gasteiger partial charge >= 0.3 is 0 Å². The van der Waals surface area contributed by atoms with Crippen molar-refractivity contribution in [2.24, 2.45) is 5.92 Å². The number of carbonyl (C=O) groups is 1. The summed E-state index contributed by atoms with van der Waals surface area (Å²) in [5.74, 6) is 0.781. The molecule has 1 aliphatic heterocycles. The Labute approximate surface area is 115 Å². The molecule has 0 aromatic carbocycles. The van der Waals surface area contributed by atoms with Gasteiger partial charge in [-0.15, -0.1) is 0 Å². The molecule has 19 heavy (non-hydrogen) atoms. The highest BCUT2D eigenvalue weighted by Gasteiger charge is 2.41. The highest BCUT2D eigenvalue weighted by Crippen LogP contribution is 2.32. The van der Waals surface area contributed by atoms with Crippen molar-refractivity contribution in [3.8, 4) is 0 Å². The minimum absolute atomic E-state index is 0.0510. The van der Waals surface area contributed by atoms with Crippen molar-refractivity contribution in [1.29, 1.82) is 0 Å². The van der Waals surface area contributed by atoms with Crippen molar-refractivity contribution in [1.82, 2.24) is 10.2 Å². The normalized spacial score (nSPS) is 30.3. The zero-order chi connectivity index (χ0) is 13.8. The van der Waals surface area contributed by atoms with Crippen LogP contribution in [0, 0.1) is 5.92 Å². The fraction of sp³-hybridized carbons (Fsp3) is 0.929. The molecule has 5 heteroatoms. The molecule has 2 rings (SSSR count). The Morgan fingerprint density at radius 3 is 2.63 bits per heavy atom. The molecule has 1 saturated heterocycles. The molecule has 1 aliphatic carbocycles. The molecule has 0 spiro atoms. The molecule has 3 unspecified atom stereocenters. The van der Waals surface area contributed by atoms with E-state index in [1.807, 2.05) is 11.8 Å². The van der Waals surface area contributed by atoms with E-state index in [2.05, 4.69) is 5.32 Å². The van der Waals surface area contributed by atoms with Gasteiger partial charge in [-0.2, -0.15) is 0 Å². The van der Waals surface area contributed by atoms with Crippen molar-refractivity contribution in [2.45, 2.75) is 50.9 Å². The monoisotopic (exact) mass is 270 g/mol. The van der Waals surface area contributed by atoms with Gasteiger partial charge in [0.05, 0.1) is 31.5 Å². The Morgan fingerprint density at radius 2 is 2.05 bits per heavy atom. The van der Waals surface area contributed by atoms with Crippen LogP contribution in [0.5, 0.6) is 0 Å². The minimum Gasteiger partial charge on any atom is -0.382 e. The molecule has 1 N–H and O–H groups in total. The number of rotatable bonds is 6. The van der Waals surface area contributed by atoms with Gasteiger partial charge in [0.25, 0.3) is 0 Å². The maximum Gasteiger partial charge on any atom is 0.240 e. The van der Waals surface area contributed by atoms with Crippen LogP contribution < -0.4 is 5.32 Å². The van der Waals surface area contributed by atoms with Crippen LogP contribution in [0.3, 0.4) is 0 Å². The second-order valence-electron chi connectivity index (χ2n) is 5.68. The fourth-order valence-electron chi connectivity index (χ4n) is 3.27. The van der Waals surface area contributed by atoms with Gasteiger partial charge in [-0.05, 0) is 25.7 Å². The van der Waals surface area contributed by atoms with Gasteiger partial charge in [-0.25, -0.2) is 0 Å². The van der Waals surface area contributed by atoms with Gasteiger partial charge in [0.2, 0.25) is 5.91 Å². The number of hydrogen-bond donors (Lipinski definition) is 1. The highest BCUT2D eigenvalue weighted by molar-refractivity contribution is 5.84. The molecular formula is C14H26N2O3. The SMILES string of the molecule is COCC(CN1C(=O)C(C)NC1C1CCCC1)OC. The van der Waals surface area contributed by atoms with Crippen LogP contribution in [0.1, 0.15) is 32.6 Å². The Bertz CT molecular complexity index is 305. The summed E-state index contributed by atoms with van der Waals surface area (Å²) in [6.45, 7) is 3.08. The fourth-order valence-corrected chi connectivity index (χ4v) is 3.27. The quantitative estimate of drug-likeness (QED) is 0.782. The van der Waals surface area contributed by atoms with Gasteiger partial charge in [-0.1, -0.05) is 12.8 Å². The van der Waals surface area contributed by atoms with E-state index < -0.39 is 0 Å². The van der Waals surface area contributed by atoms with Crippen LogP contribution in [0.25, 0.3) is 0 Å². The van der Waals surface area contributed by atoms with E-state index in [4.69, 9.17) is 9.47 Å². The molecule has 0 aromatic heterocycles. The smallest absolute Gasteiger partial charge is 0.240 e. The molecule has 2 aliphatic rings. The lowest BCUT2D eigenvalue weighted by Crippen LogP contribution is -2.47. The van der Waals surface area contributed by atoms with Gasteiger partial charge in [-0.3, -0.25) is 10.1 Å². The van der Waals surface area contributed by atoms with Gasteiger partial charge < -0.3 is 14.4 Å². The topological polar surface area (TPSA) is 50.8 Å². The third-order valence-electron chi connectivity index (χ3n) is 4.34. The second kappa shape index (κ2) is 6.68. The van der Waals surface area contributed by atoms with E-state index in [9.17, 15) is 4.79 Å². The molecule has 1 amide bonds. The van der Waals surface area contributed by atoms with Crippen LogP contribution >= 0.6 is 0 Å². The zero-order valence-electron chi connectivity index (χ0n) is 12.2. The van der Waals surface area contributed by atoms with Gasteiger partial charge in [0.15, 0.2) is 0 Å². The number of ether oxygens (including phenoxy) is 2. The lowest BCUT2D eigenvalue weighted by molar-refractivity contribution is -0.132. The van der Waals surface area contributed by atoms with Gasteiger partial charge in [0, 0.05) is 14.2 Å². The van der Waals surface area contributed by atoms with E-state index in [1.165, 1.54) is 25.7 Å². The summed E-state index contributed by atoms with van der Waals surface area (Å²) in [6.07, 6.45) is 5.13. The van der Waals surface area contributed by atoms with E-state index in [0.717, 1.165) is 0 Å². The first-order valence-corrected chi connectivity index (χ1v) is 7.25. The van der Waals surface area contributed by atoms with Crippen LogP contribution in [0.15, 0.2) is 0 Å². The van der Waals surface area contributed by atoms with Gasteiger partial charge in [0.1, 0.15) is 0 Å². The molecule has 5 nitrogen and oxygen atoms in total. The third kappa shape index (κ3) is 3.27. The minimum atomic E-state index is -0.0781. The van der Waals surface area contributed by atoms with Crippen molar-refractivity contribution >= 4 is 5.91 Å². The number of carbonyl (C=O) groups excluding carboxylic acids is 1. The number of amides is 1. The average Bonchev–Trinajstić information content (AvgIpc) is 3.01. The molecular weight excluding hydrogens is 244 g/mol. The molecule has 0 radical (unpaired) electrons. The summed E-state index contributed by atoms with van der Waals surface area (Å²) in [4.78, 5) is 14.3. The zero-order valence-corrected chi connectivity index (χ0v) is 12.2. The number of methoxy groups -OCH3 is 2. The largest absolute Gasteiger partial charge is 0.382 e. The predicted molar refractivity (Wildman–Crippen MR) is 72.7 cm³/mol. The van der Waals surface area contributed by atoms with Crippen LogP contribution in [0.4, 0.5) is 0 Å². The van der Waals surface area contributed by atoms with E-state index in [-0.39, 0.29) is 24.2 Å². The first-order chi connectivity index (χ1) is 9.17. The van der Waals surface area contributed by atoms with Crippen molar-refractivity contribution in [3.63, 3.8) is 0 Å². The standard InChI is InChI=1S/C14H26N2O3/c1-10-14(17)16(8-12(19-3)9-18-2)13(15-10)11-6-4-5-7-11/h10-13,15H,4-9H2,1-3H3. The number of nitrogens with zero attached hydrogens (tertiary/aromatic N) is 1. The second-order valence-corrected chi connectivity index (χ2v) is 5.68. The van der Waals surface area contributed by atoms with Crippen LogP contribution in [-0.2, 0) is 14.3 Å². The maximum absolute atomic E-state index is 12.3. The Morgan fingerprint density at radius 1 is 1.37 bits per heavy atom. The summed E-state index contributed by atoms with van der Waals surface area (Å²) < 4.78 is 10.5. The molecule has 3 atom stereocenters. The van der Waals surface area contributed by atoms with Crippen molar-refractivity contribution in [2.75, 3.05) is 27.4 Å². The molecule has 1 heterocycles. The molecule has 110 valence electrons. The maximum atomic E-state index is 12.3. The number of hydrogen-bond acceptors (Lipinski definition) is 4. The molecule has 0 aromatic rings. The van der Waals surface area contributed by atoms with Crippen LogP contribution in [-0.4, -0.2) is 56.5 Å². The summed E-state index contributed by atoms with van der Waals surface area (Å²) >= 11 is 0. The lowest BCUT2D eigenvalue weighted by atomic mass is 10.0. The third-order valence-corrected chi connectivity index (χ3v) is 4.34. The Hall–Kier alpha value is -0.650. The highest BCUT2D eigenvalue weighted by atomic mass is 16.5. The van der Waals surface area contributed by atoms with Crippen molar-refractivity contribution in [3.05, 3.63) is 0 Å². The van der Waals surface area contributed by atoms with E-state index in [1.54, 1.807) is 14.2 Å². The van der Waals surface area contributed by atoms with Crippen molar-refractivity contribution < 1.29 is 14.3 Å². The Kier molecular flexibility index (Phi) is 5.19. The first-order valence-electron chi connectivity index (χ1n) is 7.25. The average molecular weight is 270 g/mol. The summed E-state index contributed by atoms with van der Waals surface area (Å²) in [5, 5.41) is 3.45. The van der Waals surface area contributed by atoms with E-state index in [0.29, 0.717) is 19.1 Å². The predicted octanol–water partition coefficient (Wildman–Crippen LogP) is 0.984. The molecule has 0 bridgehead atoms.